The first-order valence-electron chi connectivity index (χ1n) is 10.3. The molecule has 0 spiro atoms. The van der Waals surface area contributed by atoms with E-state index in [9.17, 15) is 14.4 Å². The van der Waals surface area contributed by atoms with Gasteiger partial charge in [-0.15, -0.1) is 0 Å². The summed E-state index contributed by atoms with van der Waals surface area (Å²) in [6.07, 6.45) is 2.34. The van der Waals surface area contributed by atoms with Crippen LogP contribution in [0.1, 0.15) is 49.7 Å². The van der Waals surface area contributed by atoms with Crippen molar-refractivity contribution < 1.29 is 14.4 Å². The predicted molar refractivity (Wildman–Crippen MR) is 113 cm³/mol. The maximum Gasteiger partial charge on any atom is 0.270 e. The minimum Gasteiger partial charge on any atom is -0.356 e. The van der Waals surface area contributed by atoms with Crippen LogP contribution in [0.2, 0.25) is 0 Å². The summed E-state index contributed by atoms with van der Waals surface area (Å²) in [5.74, 6) is 0.320. The van der Waals surface area contributed by atoms with E-state index < -0.39 is 0 Å². The fourth-order valence-electron chi connectivity index (χ4n) is 4.09. The number of aromatic nitrogens is 1. The van der Waals surface area contributed by atoms with Gasteiger partial charge in [0.15, 0.2) is 0 Å². The Hall–Kier alpha value is -2.83. The second-order valence-electron chi connectivity index (χ2n) is 8.00. The molecule has 1 saturated heterocycles. The number of likely N-dealkylation sites (tertiary alicyclic amines) is 1. The van der Waals surface area contributed by atoms with Gasteiger partial charge in [0.1, 0.15) is 5.69 Å². The summed E-state index contributed by atoms with van der Waals surface area (Å²) in [6, 6.07) is 7.82. The summed E-state index contributed by atoms with van der Waals surface area (Å²) in [5, 5.41) is 6.80. The summed E-state index contributed by atoms with van der Waals surface area (Å²) in [7, 11) is 0. The van der Waals surface area contributed by atoms with Crippen LogP contribution in [0.4, 0.5) is 0 Å². The van der Waals surface area contributed by atoms with Crippen molar-refractivity contribution in [1.82, 2.24) is 20.5 Å². The molecule has 0 radical (unpaired) electrons. The molecule has 1 aromatic carbocycles. The number of fused-ring (bicyclic) bond motifs is 1. The van der Waals surface area contributed by atoms with E-state index in [0.717, 1.165) is 29.3 Å². The van der Waals surface area contributed by atoms with Crippen LogP contribution >= 0.6 is 0 Å². The first-order chi connectivity index (χ1) is 13.8. The Morgan fingerprint density at radius 2 is 1.83 bits per heavy atom. The predicted octanol–water partition coefficient (Wildman–Crippen LogP) is 2.22. The number of para-hydroxylation sites is 1. The lowest BCUT2D eigenvalue weighted by Gasteiger charge is -2.32. The Bertz CT molecular complexity index is 897. The van der Waals surface area contributed by atoms with Gasteiger partial charge in [0, 0.05) is 50.4 Å². The van der Waals surface area contributed by atoms with Crippen LogP contribution in [0.5, 0.6) is 0 Å². The van der Waals surface area contributed by atoms with Gasteiger partial charge in [-0.3, -0.25) is 14.4 Å². The molecule has 2 heterocycles. The van der Waals surface area contributed by atoms with Gasteiger partial charge in [0.05, 0.1) is 0 Å². The Morgan fingerprint density at radius 1 is 1.14 bits per heavy atom. The van der Waals surface area contributed by atoms with E-state index in [1.165, 1.54) is 13.8 Å². The molecule has 3 rings (SSSR count). The maximum atomic E-state index is 13.3. The molecule has 7 heteroatoms. The van der Waals surface area contributed by atoms with Crippen molar-refractivity contribution >= 4 is 28.6 Å². The number of H-pyrrole nitrogens is 1. The fourth-order valence-corrected chi connectivity index (χ4v) is 4.09. The van der Waals surface area contributed by atoms with E-state index in [1.54, 1.807) is 0 Å². The molecule has 7 nitrogen and oxygen atoms in total. The number of nitrogens with one attached hydrogen (secondary N) is 3. The number of amides is 3. The van der Waals surface area contributed by atoms with Crippen molar-refractivity contribution in [2.75, 3.05) is 19.6 Å². The zero-order valence-electron chi connectivity index (χ0n) is 17.4. The van der Waals surface area contributed by atoms with Crippen molar-refractivity contribution in [3.63, 3.8) is 0 Å². The molecule has 0 unspecified atom stereocenters. The van der Waals surface area contributed by atoms with Crippen LogP contribution in [-0.2, 0) is 16.0 Å². The van der Waals surface area contributed by atoms with Crippen LogP contribution < -0.4 is 10.6 Å². The third-order valence-electron chi connectivity index (χ3n) is 5.53. The number of aromatic amines is 1. The first kappa shape index (κ1) is 20.9. The van der Waals surface area contributed by atoms with Crippen molar-refractivity contribution in [1.29, 1.82) is 0 Å². The highest BCUT2D eigenvalue weighted by atomic mass is 16.2. The molecule has 3 N–H and O–H groups in total. The number of piperidine rings is 1. The van der Waals surface area contributed by atoms with Crippen molar-refractivity contribution in [3.05, 3.63) is 35.5 Å². The van der Waals surface area contributed by atoms with Gasteiger partial charge >= 0.3 is 0 Å². The molecule has 1 aliphatic heterocycles. The molecule has 1 atom stereocenters. The second kappa shape index (κ2) is 9.11. The lowest BCUT2D eigenvalue weighted by atomic mass is 9.96. The highest BCUT2D eigenvalue weighted by Crippen LogP contribution is 2.26. The number of carbonyl (C=O) groups excluding carboxylic acids is 3. The van der Waals surface area contributed by atoms with E-state index >= 15 is 0 Å². The minimum atomic E-state index is -0.0774. The maximum absolute atomic E-state index is 13.3. The topological polar surface area (TPSA) is 94.3 Å². The number of hydrogen-bond donors (Lipinski definition) is 3. The van der Waals surface area contributed by atoms with E-state index in [1.807, 2.05) is 36.1 Å². The van der Waals surface area contributed by atoms with Crippen LogP contribution in [0.3, 0.4) is 0 Å². The van der Waals surface area contributed by atoms with Gasteiger partial charge in [0.2, 0.25) is 11.8 Å². The normalized spacial score (nSPS) is 15.9. The highest BCUT2D eigenvalue weighted by Gasteiger charge is 2.27. The SMILES string of the molecule is CC(=O)NCC1CCN(C(=O)c2[nH]c3ccccc3c2C[C@@H](C)NC(C)=O)CC1. The van der Waals surface area contributed by atoms with Crippen molar-refractivity contribution in [2.45, 2.75) is 46.1 Å². The minimum absolute atomic E-state index is 0.00389. The van der Waals surface area contributed by atoms with E-state index in [4.69, 9.17) is 0 Å². The average Bonchev–Trinajstić information content (AvgIpc) is 3.04. The number of carbonyl (C=O) groups is 3. The largest absolute Gasteiger partial charge is 0.356 e. The van der Waals surface area contributed by atoms with E-state index in [-0.39, 0.29) is 23.8 Å². The molecule has 0 bridgehead atoms. The van der Waals surface area contributed by atoms with Gasteiger partial charge in [-0.05, 0) is 43.7 Å². The average molecular weight is 399 g/mol. The first-order valence-corrected chi connectivity index (χ1v) is 10.3. The second-order valence-corrected chi connectivity index (χ2v) is 8.00. The zero-order chi connectivity index (χ0) is 21.0. The van der Waals surface area contributed by atoms with E-state index in [0.29, 0.717) is 37.7 Å². The lowest BCUT2D eigenvalue weighted by molar-refractivity contribution is -0.120. The van der Waals surface area contributed by atoms with E-state index in [2.05, 4.69) is 15.6 Å². The highest BCUT2D eigenvalue weighted by molar-refractivity contribution is 6.01. The molecule has 29 heavy (non-hydrogen) atoms. The summed E-state index contributed by atoms with van der Waals surface area (Å²) in [4.78, 5) is 41.0. The molecule has 1 aliphatic rings. The monoisotopic (exact) mass is 398 g/mol. The van der Waals surface area contributed by atoms with Crippen molar-refractivity contribution in [3.8, 4) is 0 Å². The van der Waals surface area contributed by atoms with Crippen LogP contribution in [0.15, 0.2) is 24.3 Å². The van der Waals surface area contributed by atoms with Gasteiger partial charge in [-0.25, -0.2) is 0 Å². The Labute approximate surface area is 171 Å². The lowest BCUT2D eigenvalue weighted by Crippen LogP contribution is -2.42. The molecule has 1 aromatic heterocycles. The van der Waals surface area contributed by atoms with Gasteiger partial charge in [-0.1, -0.05) is 18.2 Å². The molecule has 3 amide bonds. The molecule has 1 fully saturated rings. The standard InChI is InChI=1S/C22H30N4O3/c1-14(24-16(3)28)12-19-18-6-4-5-7-20(18)25-21(19)22(29)26-10-8-17(9-11-26)13-23-15(2)27/h4-7,14,17,25H,8-13H2,1-3H3,(H,23,27)(H,24,28)/t14-/m1/s1. The summed E-state index contributed by atoms with van der Waals surface area (Å²) in [5.41, 5.74) is 2.50. The summed E-state index contributed by atoms with van der Waals surface area (Å²) < 4.78 is 0. The fraction of sp³-hybridized carbons (Fsp3) is 0.500. The van der Waals surface area contributed by atoms with Crippen molar-refractivity contribution in [2.24, 2.45) is 5.92 Å². The van der Waals surface area contributed by atoms with Crippen LogP contribution in [-0.4, -0.2) is 53.3 Å². The van der Waals surface area contributed by atoms with Crippen LogP contribution in [0, 0.1) is 5.92 Å². The molecular weight excluding hydrogens is 368 g/mol. The molecule has 2 aromatic rings. The molecule has 0 aliphatic carbocycles. The zero-order valence-corrected chi connectivity index (χ0v) is 17.4. The Kier molecular flexibility index (Phi) is 6.56. The third kappa shape index (κ3) is 5.16. The Balaban J connectivity index is 1.76. The third-order valence-corrected chi connectivity index (χ3v) is 5.53. The van der Waals surface area contributed by atoms with Gasteiger partial charge in [-0.2, -0.15) is 0 Å². The quantitative estimate of drug-likeness (QED) is 0.696. The number of benzene rings is 1. The number of hydrogen-bond acceptors (Lipinski definition) is 3. The van der Waals surface area contributed by atoms with Gasteiger partial charge < -0.3 is 20.5 Å². The number of rotatable bonds is 6. The number of nitrogens with zero attached hydrogens (tertiary/aromatic N) is 1. The molecule has 156 valence electrons. The smallest absolute Gasteiger partial charge is 0.270 e. The summed E-state index contributed by atoms with van der Waals surface area (Å²) in [6.45, 7) is 7.01. The molecule has 0 saturated carbocycles. The Morgan fingerprint density at radius 3 is 2.48 bits per heavy atom. The molecular formula is C22H30N4O3. The van der Waals surface area contributed by atoms with Crippen LogP contribution in [0.25, 0.3) is 10.9 Å². The summed E-state index contributed by atoms with van der Waals surface area (Å²) >= 11 is 0. The van der Waals surface area contributed by atoms with Gasteiger partial charge in [0.25, 0.3) is 5.91 Å².